The van der Waals surface area contributed by atoms with Gasteiger partial charge in [-0.1, -0.05) is 28.1 Å². The Morgan fingerprint density at radius 1 is 1.30 bits per heavy atom. The number of carbonyl (C=O) groups is 2. The van der Waals surface area contributed by atoms with Crippen molar-refractivity contribution in [1.29, 1.82) is 0 Å². The molecule has 1 atom stereocenters. The van der Waals surface area contributed by atoms with Crippen LogP contribution in [-0.4, -0.2) is 24.7 Å². The van der Waals surface area contributed by atoms with Crippen LogP contribution in [-0.2, 0) is 14.3 Å². The lowest BCUT2D eigenvalue weighted by atomic mass is 10.1. The number of esters is 1. The van der Waals surface area contributed by atoms with E-state index in [9.17, 15) is 22.8 Å². The summed E-state index contributed by atoms with van der Waals surface area (Å²) in [5.74, 6) is -2.55. The molecule has 8 heteroatoms. The molecule has 0 radical (unpaired) electrons. The van der Waals surface area contributed by atoms with Crippen LogP contribution < -0.4 is 5.32 Å². The lowest BCUT2D eigenvalue weighted by Gasteiger charge is -2.11. The Hall–Kier alpha value is -1.57. The minimum Gasteiger partial charge on any atom is -0.465 e. The van der Waals surface area contributed by atoms with Crippen LogP contribution in [0.15, 0.2) is 24.3 Å². The quantitative estimate of drug-likeness (QED) is 0.668. The van der Waals surface area contributed by atoms with E-state index in [4.69, 9.17) is 4.74 Å². The van der Waals surface area contributed by atoms with E-state index in [-0.39, 0.29) is 12.3 Å². The van der Waals surface area contributed by atoms with E-state index in [1.807, 2.05) is 0 Å². The number of alkyl halides is 4. The van der Waals surface area contributed by atoms with Crippen LogP contribution >= 0.6 is 15.9 Å². The molecule has 0 spiro atoms. The highest BCUT2D eigenvalue weighted by atomic mass is 79.9. The molecule has 1 N–H and O–H groups in total. The maximum absolute atomic E-state index is 12.1. The van der Waals surface area contributed by atoms with Gasteiger partial charge in [-0.25, -0.2) is 0 Å². The number of nitrogens with one attached hydrogen (secondary N) is 1. The zero-order valence-electron chi connectivity index (χ0n) is 10.3. The molecule has 0 aliphatic carbocycles. The van der Waals surface area contributed by atoms with E-state index >= 15 is 0 Å². The van der Waals surface area contributed by atoms with E-state index in [0.29, 0.717) is 5.56 Å². The summed E-state index contributed by atoms with van der Waals surface area (Å²) in [5.41, 5.74) is 0.494. The first kappa shape index (κ1) is 16.5. The maximum Gasteiger partial charge on any atom is 0.471 e. The molecule has 1 aromatic carbocycles. The molecule has 1 rings (SSSR count). The Bertz CT molecular complexity index is 488. The molecule has 0 saturated carbocycles. The molecule has 4 nitrogen and oxygen atoms in total. The van der Waals surface area contributed by atoms with Crippen LogP contribution in [0.5, 0.6) is 0 Å². The highest BCUT2D eigenvalue weighted by molar-refractivity contribution is 9.09. The van der Waals surface area contributed by atoms with Gasteiger partial charge >= 0.3 is 18.1 Å². The predicted octanol–water partition coefficient (Wildman–Crippen LogP) is 3.19. The van der Waals surface area contributed by atoms with Crippen molar-refractivity contribution < 1.29 is 27.5 Å². The summed E-state index contributed by atoms with van der Waals surface area (Å²) in [5, 5.41) is 1.71. The smallest absolute Gasteiger partial charge is 0.465 e. The van der Waals surface area contributed by atoms with Gasteiger partial charge in [0.25, 0.3) is 0 Å². The number of carbonyl (C=O) groups excluding carboxylic acids is 2. The molecular formula is C12H11BrF3NO3. The zero-order valence-corrected chi connectivity index (χ0v) is 11.9. The second-order valence-corrected chi connectivity index (χ2v) is 4.60. The minimum atomic E-state index is -4.94. The summed E-state index contributed by atoms with van der Waals surface area (Å²) >= 11 is 3.12. The Morgan fingerprint density at radius 3 is 2.30 bits per heavy atom. The topological polar surface area (TPSA) is 55.4 Å². The van der Waals surface area contributed by atoms with Gasteiger partial charge < -0.3 is 10.1 Å². The van der Waals surface area contributed by atoms with E-state index in [1.54, 1.807) is 12.2 Å². The van der Waals surface area contributed by atoms with Crippen molar-refractivity contribution in [2.45, 2.75) is 17.9 Å². The van der Waals surface area contributed by atoms with Crippen molar-refractivity contribution in [2.75, 3.05) is 11.9 Å². The summed E-state index contributed by atoms with van der Waals surface area (Å²) < 4.78 is 40.9. The first-order chi connectivity index (χ1) is 9.25. The highest BCUT2D eigenvalue weighted by Crippen LogP contribution is 2.26. The number of hydrogen-bond donors (Lipinski definition) is 1. The second-order valence-electron chi connectivity index (χ2n) is 3.69. The summed E-state index contributed by atoms with van der Waals surface area (Å²) in [6.45, 7) is 1.88. The molecule has 0 bridgehead atoms. The molecule has 110 valence electrons. The average Bonchev–Trinajstić information content (AvgIpc) is 2.38. The van der Waals surface area contributed by atoms with Crippen LogP contribution in [0.2, 0.25) is 0 Å². The molecule has 0 aromatic heterocycles. The van der Waals surface area contributed by atoms with Crippen LogP contribution in [0.4, 0.5) is 18.9 Å². The zero-order chi connectivity index (χ0) is 15.3. The monoisotopic (exact) mass is 353 g/mol. The number of amides is 1. The molecule has 0 aliphatic rings. The summed E-state index contributed by atoms with van der Waals surface area (Å²) in [6, 6.07) is 5.38. The van der Waals surface area contributed by atoms with Crippen LogP contribution in [0.25, 0.3) is 0 Å². The number of hydrogen-bond acceptors (Lipinski definition) is 3. The van der Waals surface area contributed by atoms with Crippen molar-refractivity contribution in [2.24, 2.45) is 0 Å². The van der Waals surface area contributed by atoms with Crippen molar-refractivity contribution >= 4 is 33.5 Å². The Kier molecular flexibility index (Phi) is 5.55. The number of ether oxygens (including phenoxy) is 1. The van der Waals surface area contributed by atoms with Crippen molar-refractivity contribution in [3.8, 4) is 0 Å². The second kappa shape index (κ2) is 6.74. The Morgan fingerprint density at radius 2 is 1.85 bits per heavy atom. The molecular weight excluding hydrogens is 343 g/mol. The normalized spacial score (nSPS) is 12.7. The van der Waals surface area contributed by atoms with Crippen LogP contribution in [0.1, 0.15) is 17.3 Å². The van der Waals surface area contributed by atoms with E-state index in [2.05, 4.69) is 15.9 Å². The Balaban J connectivity index is 2.74. The van der Waals surface area contributed by atoms with Crippen molar-refractivity contribution in [3.05, 3.63) is 29.8 Å². The summed E-state index contributed by atoms with van der Waals surface area (Å²) in [6.07, 6.45) is -4.94. The SMILES string of the molecule is CCOC(=O)C(Br)c1ccc(NC(=O)C(F)(F)F)cc1. The van der Waals surface area contributed by atoms with E-state index in [0.717, 1.165) is 0 Å². The van der Waals surface area contributed by atoms with Gasteiger partial charge in [0.1, 0.15) is 4.83 Å². The first-order valence-electron chi connectivity index (χ1n) is 5.54. The van der Waals surface area contributed by atoms with E-state index in [1.165, 1.54) is 24.3 Å². The summed E-state index contributed by atoms with van der Waals surface area (Å²) in [7, 11) is 0. The fourth-order valence-electron chi connectivity index (χ4n) is 1.29. The average molecular weight is 354 g/mol. The fraction of sp³-hybridized carbons (Fsp3) is 0.333. The van der Waals surface area contributed by atoms with Gasteiger partial charge in [0.05, 0.1) is 6.61 Å². The first-order valence-corrected chi connectivity index (χ1v) is 6.46. The van der Waals surface area contributed by atoms with Crippen LogP contribution in [0.3, 0.4) is 0 Å². The van der Waals surface area contributed by atoms with Crippen LogP contribution in [0, 0.1) is 0 Å². The van der Waals surface area contributed by atoms with Gasteiger partial charge in [-0.2, -0.15) is 13.2 Å². The number of anilines is 1. The number of halogens is 4. The van der Waals surface area contributed by atoms with Gasteiger partial charge in [-0.3, -0.25) is 9.59 Å². The number of rotatable bonds is 4. The third kappa shape index (κ3) is 4.52. The van der Waals surface area contributed by atoms with Gasteiger partial charge in [0.15, 0.2) is 0 Å². The van der Waals surface area contributed by atoms with E-state index < -0.39 is 22.9 Å². The van der Waals surface area contributed by atoms with Crippen molar-refractivity contribution in [3.63, 3.8) is 0 Å². The molecule has 20 heavy (non-hydrogen) atoms. The molecule has 0 fully saturated rings. The van der Waals surface area contributed by atoms with Gasteiger partial charge in [0, 0.05) is 5.69 Å². The Labute approximate surface area is 121 Å². The molecule has 0 saturated heterocycles. The lowest BCUT2D eigenvalue weighted by Crippen LogP contribution is -2.29. The minimum absolute atomic E-state index is 0.0142. The fourth-order valence-corrected chi connectivity index (χ4v) is 1.73. The van der Waals surface area contributed by atoms with Gasteiger partial charge in [0.2, 0.25) is 0 Å². The molecule has 1 amide bonds. The molecule has 0 aliphatic heterocycles. The van der Waals surface area contributed by atoms with Gasteiger partial charge in [-0.15, -0.1) is 0 Å². The molecule has 0 heterocycles. The third-order valence-corrected chi connectivity index (χ3v) is 3.11. The summed E-state index contributed by atoms with van der Waals surface area (Å²) in [4.78, 5) is 21.5. The number of benzene rings is 1. The highest BCUT2D eigenvalue weighted by Gasteiger charge is 2.38. The molecule has 1 unspecified atom stereocenters. The standard InChI is InChI=1S/C12H11BrF3NO3/c1-2-20-10(18)9(13)7-3-5-8(6-4-7)17-11(19)12(14,15)16/h3-6,9H,2H2,1H3,(H,17,19). The van der Waals surface area contributed by atoms with Crippen molar-refractivity contribution in [1.82, 2.24) is 0 Å². The maximum atomic E-state index is 12.1. The third-order valence-electron chi connectivity index (χ3n) is 2.21. The molecule has 1 aromatic rings. The predicted molar refractivity (Wildman–Crippen MR) is 69.4 cm³/mol. The van der Waals surface area contributed by atoms with Gasteiger partial charge in [-0.05, 0) is 24.6 Å². The lowest BCUT2D eigenvalue weighted by molar-refractivity contribution is -0.167. The largest absolute Gasteiger partial charge is 0.471 e.